The molecule has 0 fully saturated rings. The van der Waals surface area contributed by atoms with Crippen LogP contribution in [0.25, 0.3) is 5.69 Å². The lowest BCUT2D eigenvalue weighted by Gasteiger charge is -2.15. The number of nitrogens with two attached hydrogens (primary N) is 1. The number of carbonyl (C=O) groups is 1. The molecule has 0 saturated heterocycles. The van der Waals surface area contributed by atoms with Crippen molar-refractivity contribution in [1.82, 2.24) is 18.7 Å². The van der Waals surface area contributed by atoms with Gasteiger partial charge in [0, 0.05) is 12.6 Å². The number of amides is 1. The molecule has 1 aromatic carbocycles. The summed E-state index contributed by atoms with van der Waals surface area (Å²) in [6, 6.07) is 0.953. The summed E-state index contributed by atoms with van der Waals surface area (Å²) in [5.41, 5.74) is -6.83. The maximum absolute atomic E-state index is 14.4. The summed E-state index contributed by atoms with van der Waals surface area (Å²) in [6.07, 6.45) is -4.76. The molecule has 0 aliphatic carbocycles. The van der Waals surface area contributed by atoms with Crippen molar-refractivity contribution in [2.45, 2.75) is 19.5 Å². The van der Waals surface area contributed by atoms with Crippen molar-refractivity contribution in [1.29, 1.82) is 0 Å². The summed E-state index contributed by atoms with van der Waals surface area (Å²) in [5.74, 6) is 2.37. The number of hydrogen-bond donors (Lipinski definition) is 3. The van der Waals surface area contributed by atoms with E-state index in [0.29, 0.717) is 18.6 Å². The lowest BCUT2D eigenvalue weighted by Crippen LogP contribution is -2.45. The number of hydrogen-bond acceptors (Lipinski definition) is 6. The Morgan fingerprint density at radius 1 is 1.23 bits per heavy atom. The van der Waals surface area contributed by atoms with Crippen LogP contribution in [0.4, 0.5) is 17.6 Å². The van der Waals surface area contributed by atoms with E-state index in [1.807, 2.05) is 4.72 Å². The van der Waals surface area contributed by atoms with Gasteiger partial charge >= 0.3 is 22.1 Å². The Morgan fingerprint density at radius 3 is 2.39 bits per heavy atom. The molecule has 0 atom stereocenters. The number of alkyl halides is 3. The van der Waals surface area contributed by atoms with Crippen LogP contribution in [-0.4, -0.2) is 30.1 Å². The third kappa shape index (κ3) is 5.23. The second-order valence-electron chi connectivity index (χ2n) is 5.97. The van der Waals surface area contributed by atoms with Crippen molar-refractivity contribution < 1.29 is 30.8 Å². The van der Waals surface area contributed by atoms with E-state index in [4.69, 9.17) is 17.4 Å². The van der Waals surface area contributed by atoms with E-state index in [1.54, 1.807) is 11.6 Å². The second kappa shape index (κ2) is 8.68. The number of rotatable bonds is 6. The van der Waals surface area contributed by atoms with Crippen LogP contribution in [0.1, 0.15) is 29.4 Å². The zero-order valence-electron chi connectivity index (χ0n) is 15.5. The molecule has 1 heterocycles. The molecular formula is C15H14ClF4N5O5S. The summed E-state index contributed by atoms with van der Waals surface area (Å²) >= 11 is 5.75. The quantitative estimate of drug-likeness (QED) is 0.399. The first-order valence-corrected chi connectivity index (χ1v) is 10.1. The average molecular weight is 488 g/mol. The molecule has 0 bridgehead atoms. The lowest BCUT2D eigenvalue weighted by molar-refractivity contribution is -0.143. The highest BCUT2D eigenvalue weighted by Crippen LogP contribution is 2.27. The van der Waals surface area contributed by atoms with Gasteiger partial charge in [0.05, 0.1) is 16.3 Å². The summed E-state index contributed by atoms with van der Waals surface area (Å²) in [7, 11) is -4.32. The van der Waals surface area contributed by atoms with Gasteiger partial charge in [0.1, 0.15) is 5.82 Å². The van der Waals surface area contributed by atoms with Crippen molar-refractivity contribution in [2.24, 2.45) is 0 Å². The van der Waals surface area contributed by atoms with Crippen LogP contribution < -0.4 is 26.5 Å². The minimum Gasteiger partial charge on any atom is -0.335 e. The van der Waals surface area contributed by atoms with Crippen LogP contribution in [0.5, 0.6) is 0 Å². The molecular weight excluding hydrogens is 474 g/mol. The highest BCUT2D eigenvalue weighted by atomic mass is 35.5. The summed E-state index contributed by atoms with van der Waals surface area (Å²) in [4.78, 5) is 36.6. The summed E-state index contributed by atoms with van der Waals surface area (Å²) in [5, 5.41) is -0.600. The third-order valence-corrected chi connectivity index (χ3v) is 5.07. The molecule has 0 saturated carbocycles. The van der Waals surface area contributed by atoms with Crippen LogP contribution >= 0.6 is 11.6 Å². The Balaban J connectivity index is 2.64. The Morgan fingerprint density at radius 2 is 1.84 bits per heavy atom. The molecule has 10 nitrogen and oxygen atoms in total. The monoisotopic (exact) mass is 487 g/mol. The van der Waals surface area contributed by atoms with E-state index in [9.17, 15) is 40.4 Å². The molecule has 31 heavy (non-hydrogen) atoms. The molecule has 4 N–H and O–H groups in total. The molecule has 0 aliphatic heterocycles. The van der Waals surface area contributed by atoms with E-state index in [0.717, 1.165) is 0 Å². The van der Waals surface area contributed by atoms with Gasteiger partial charge in [0.15, 0.2) is 5.69 Å². The molecule has 1 aromatic heterocycles. The third-order valence-electron chi connectivity index (χ3n) is 3.72. The molecule has 0 radical (unpaired) electrons. The van der Waals surface area contributed by atoms with Crippen molar-refractivity contribution in [2.75, 3.05) is 12.4 Å². The topological polar surface area (TPSA) is 145 Å². The Labute approximate surface area is 176 Å². The van der Waals surface area contributed by atoms with Crippen LogP contribution in [-0.2, 0) is 16.4 Å². The first-order valence-electron chi connectivity index (χ1n) is 8.22. The smallest absolute Gasteiger partial charge is 0.335 e. The minimum absolute atomic E-state index is 0.0119. The molecule has 0 spiro atoms. The number of nitrogen functional groups attached to an aromatic ring is 1. The van der Waals surface area contributed by atoms with Crippen LogP contribution in [0, 0.1) is 5.82 Å². The van der Waals surface area contributed by atoms with Gasteiger partial charge in [-0.15, -0.1) is 0 Å². The highest BCUT2D eigenvalue weighted by molar-refractivity contribution is 7.88. The Kier molecular flexibility index (Phi) is 6.82. The van der Waals surface area contributed by atoms with Crippen molar-refractivity contribution in [3.05, 3.63) is 61.1 Å². The second-order valence-corrected chi connectivity index (χ2v) is 7.87. The molecule has 170 valence electrons. The van der Waals surface area contributed by atoms with E-state index in [2.05, 4.69) is 0 Å². The molecule has 16 heteroatoms. The van der Waals surface area contributed by atoms with Gasteiger partial charge < -0.3 is 5.84 Å². The van der Waals surface area contributed by atoms with Crippen LogP contribution in [0.2, 0.25) is 5.02 Å². The lowest BCUT2D eigenvalue weighted by atomic mass is 10.1. The normalized spacial score (nSPS) is 12.1. The van der Waals surface area contributed by atoms with E-state index in [1.165, 1.54) is 0 Å². The fourth-order valence-electron chi connectivity index (χ4n) is 2.33. The van der Waals surface area contributed by atoms with Gasteiger partial charge in [0.25, 0.3) is 11.5 Å². The molecule has 0 aliphatic rings. The Bertz CT molecular complexity index is 1260. The number of nitrogens with one attached hydrogen (secondary N) is 2. The maximum atomic E-state index is 14.4. The van der Waals surface area contributed by atoms with Gasteiger partial charge in [-0.3, -0.25) is 9.59 Å². The maximum Gasteiger partial charge on any atom is 0.433 e. The predicted octanol–water partition coefficient (Wildman–Crippen LogP) is 0.499. The van der Waals surface area contributed by atoms with Gasteiger partial charge in [-0.2, -0.15) is 26.3 Å². The standard InChI is InChI=1S/C15H14ClF4N5O5S/c1-2-3-22-31(29,30)23-13(27)7-4-10(9(17)5-8(7)16)24-12(26)6-11(15(18,19)20)25(21)14(24)28/h4-6,22H,2-3,21H2,1H3,(H,23,27). The zero-order chi connectivity index (χ0) is 23.7. The number of nitrogens with zero attached hydrogens (tertiary/aromatic N) is 2. The fraction of sp³-hybridized carbons (Fsp3) is 0.267. The number of carbonyl (C=O) groups excluding carboxylic acids is 1. The van der Waals surface area contributed by atoms with E-state index >= 15 is 0 Å². The minimum atomic E-state index is -5.16. The Hall–Kier alpha value is -2.91. The van der Waals surface area contributed by atoms with Crippen molar-refractivity contribution in [3.8, 4) is 5.69 Å². The largest absolute Gasteiger partial charge is 0.433 e. The first kappa shape index (κ1) is 24.4. The van der Waals surface area contributed by atoms with Gasteiger partial charge in [-0.05, 0) is 18.6 Å². The van der Waals surface area contributed by atoms with Crippen molar-refractivity contribution >= 4 is 27.7 Å². The highest BCUT2D eigenvalue weighted by Gasteiger charge is 2.36. The SMILES string of the molecule is CCCNS(=O)(=O)NC(=O)c1cc(-n2c(=O)cc(C(F)(F)F)n(N)c2=O)c(F)cc1Cl. The number of benzene rings is 1. The number of aromatic nitrogens is 2. The van der Waals surface area contributed by atoms with Gasteiger partial charge in [-0.25, -0.2) is 23.2 Å². The first-order chi connectivity index (χ1) is 14.2. The van der Waals surface area contributed by atoms with Gasteiger partial charge in [0.2, 0.25) is 0 Å². The fourth-order valence-corrected chi connectivity index (χ4v) is 3.46. The van der Waals surface area contributed by atoms with E-state index < -0.39 is 66.0 Å². The summed E-state index contributed by atoms with van der Waals surface area (Å²) in [6.45, 7) is 1.64. The summed E-state index contributed by atoms with van der Waals surface area (Å²) < 4.78 is 79.8. The van der Waals surface area contributed by atoms with Crippen molar-refractivity contribution in [3.63, 3.8) is 0 Å². The predicted molar refractivity (Wildman–Crippen MR) is 101 cm³/mol. The van der Waals surface area contributed by atoms with Crippen LogP contribution in [0.3, 0.4) is 0 Å². The van der Waals surface area contributed by atoms with E-state index in [-0.39, 0.29) is 17.2 Å². The molecule has 2 rings (SSSR count). The average Bonchev–Trinajstić information content (AvgIpc) is 2.63. The zero-order valence-corrected chi connectivity index (χ0v) is 17.0. The van der Waals surface area contributed by atoms with Gasteiger partial charge in [-0.1, -0.05) is 18.5 Å². The molecule has 2 aromatic rings. The molecule has 1 amide bonds. The van der Waals surface area contributed by atoms with Crippen LogP contribution in [0.15, 0.2) is 27.8 Å². The number of halogens is 5. The molecule has 0 unspecified atom stereocenters.